The molecule has 2 aromatic heterocycles. The van der Waals surface area contributed by atoms with E-state index in [-0.39, 0.29) is 10.6 Å². The molecule has 36 heavy (non-hydrogen) atoms. The Bertz CT molecular complexity index is 1520. The molecule has 11 heteroatoms. The van der Waals surface area contributed by atoms with Gasteiger partial charge in [0.05, 0.1) is 29.5 Å². The summed E-state index contributed by atoms with van der Waals surface area (Å²) in [6, 6.07) is 12.6. The van der Waals surface area contributed by atoms with Gasteiger partial charge in [0.15, 0.2) is 0 Å². The van der Waals surface area contributed by atoms with Crippen molar-refractivity contribution in [3.8, 4) is 11.5 Å². The van der Waals surface area contributed by atoms with E-state index in [1.165, 1.54) is 35.6 Å². The molecule has 0 bridgehead atoms. The number of nitrogens with one attached hydrogen (secondary N) is 2. The van der Waals surface area contributed by atoms with Crippen molar-refractivity contribution in [2.24, 2.45) is 0 Å². The lowest BCUT2D eigenvalue weighted by atomic mass is 10.1. The van der Waals surface area contributed by atoms with Crippen LogP contribution >= 0.6 is 11.3 Å². The van der Waals surface area contributed by atoms with E-state index < -0.39 is 15.9 Å². The first-order valence-corrected chi connectivity index (χ1v) is 13.5. The molecule has 0 spiro atoms. The Morgan fingerprint density at radius 3 is 2.44 bits per heavy atom. The van der Waals surface area contributed by atoms with Crippen molar-refractivity contribution in [2.75, 3.05) is 29.0 Å². The molecule has 4 rings (SSSR count). The number of aryl methyl sites for hydroxylation is 1. The van der Waals surface area contributed by atoms with Crippen LogP contribution in [-0.4, -0.2) is 32.5 Å². The lowest BCUT2D eigenvalue weighted by Gasteiger charge is -2.15. The van der Waals surface area contributed by atoms with E-state index in [2.05, 4.69) is 15.0 Å². The molecule has 0 radical (unpaired) electrons. The number of amides is 1. The highest BCUT2D eigenvalue weighted by atomic mass is 32.2. The van der Waals surface area contributed by atoms with Crippen LogP contribution in [0.15, 0.2) is 59.6 Å². The quantitative estimate of drug-likeness (QED) is 0.278. The molecule has 0 unspecified atom stereocenters. The van der Waals surface area contributed by atoms with E-state index in [1.54, 1.807) is 24.4 Å². The molecular weight excluding hydrogens is 500 g/mol. The van der Waals surface area contributed by atoms with Gasteiger partial charge in [-0.1, -0.05) is 0 Å². The summed E-state index contributed by atoms with van der Waals surface area (Å²) in [7, 11) is -3.94. The minimum atomic E-state index is -3.94. The van der Waals surface area contributed by atoms with Gasteiger partial charge >= 0.3 is 0 Å². The van der Waals surface area contributed by atoms with Crippen LogP contribution in [0.25, 0.3) is 10.2 Å². The van der Waals surface area contributed by atoms with Crippen LogP contribution in [-0.2, 0) is 10.0 Å². The molecule has 0 aliphatic rings. The number of hydrogen-bond donors (Lipinski definition) is 3. The molecule has 0 saturated carbocycles. The highest BCUT2D eigenvalue weighted by Crippen LogP contribution is 2.35. The number of nitrogen functional groups attached to an aromatic ring is 1. The van der Waals surface area contributed by atoms with Crippen molar-refractivity contribution in [1.29, 1.82) is 0 Å². The number of ether oxygens (including phenoxy) is 2. The van der Waals surface area contributed by atoms with E-state index in [1.807, 2.05) is 26.8 Å². The van der Waals surface area contributed by atoms with E-state index in [9.17, 15) is 13.2 Å². The third-order valence-corrected chi connectivity index (χ3v) is 7.77. The Labute approximate surface area is 213 Å². The molecule has 1 amide bonds. The summed E-state index contributed by atoms with van der Waals surface area (Å²) in [6.45, 7) is 6.37. The van der Waals surface area contributed by atoms with Gasteiger partial charge < -0.3 is 20.5 Å². The lowest BCUT2D eigenvalue weighted by molar-refractivity contribution is 0.103. The monoisotopic (exact) mass is 526 g/mol. The third-order valence-electron chi connectivity index (χ3n) is 5.27. The highest BCUT2D eigenvalue weighted by molar-refractivity contribution is 7.92. The molecule has 9 nitrogen and oxygen atoms in total. The van der Waals surface area contributed by atoms with Gasteiger partial charge in [-0.3, -0.25) is 9.52 Å². The van der Waals surface area contributed by atoms with Gasteiger partial charge in [0, 0.05) is 23.3 Å². The van der Waals surface area contributed by atoms with Gasteiger partial charge in [-0.25, -0.2) is 13.4 Å². The Morgan fingerprint density at radius 2 is 1.78 bits per heavy atom. The molecule has 2 aromatic carbocycles. The molecular formula is C25H26N4O5S2. The van der Waals surface area contributed by atoms with Crippen molar-refractivity contribution >= 4 is 54.5 Å². The number of nitrogens with two attached hydrogens (primary N) is 1. The van der Waals surface area contributed by atoms with Gasteiger partial charge in [0.25, 0.3) is 15.9 Å². The second-order valence-corrected chi connectivity index (χ2v) is 10.4. The van der Waals surface area contributed by atoms with Crippen molar-refractivity contribution in [1.82, 2.24) is 4.98 Å². The van der Waals surface area contributed by atoms with Crippen LogP contribution in [0, 0.1) is 6.92 Å². The largest absolute Gasteiger partial charge is 0.494 e. The maximum atomic E-state index is 13.0. The van der Waals surface area contributed by atoms with E-state index in [0.717, 1.165) is 10.9 Å². The van der Waals surface area contributed by atoms with Crippen LogP contribution < -0.4 is 25.2 Å². The zero-order valence-electron chi connectivity index (χ0n) is 20.0. The summed E-state index contributed by atoms with van der Waals surface area (Å²) in [5.74, 6) is 0.513. The number of sulfonamides is 1. The van der Waals surface area contributed by atoms with Crippen molar-refractivity contribution in [2.45, 2.75) is 25.7 Å². The highest BCUT2D eigenvalue weighted by Gasteiger charge is 2.20. The first kappa shape index (κ1) is 25.3. The number of benzene rings is 2. The number of anilines is 3. The van der Waals surface area contributed by atoms with Crippen LogP contribution in [0.3, 0.4) is 0 Å². The molecule has 0 aliphatic heterocycles. The maximum Gasteiger partial charge on any atom is 0.267 e. The fourth-order valence-corrected chi connectivity index (χ4v) is 5.70. The van der Waals surface area contributed by atoms with E-state index in [4.69, 9.17) is 15.2 Å². The fraction of sp³-hybridized carbons (Fsp3) is 0.200. The lowest BCUT2D eigenvalue weighted by Crippen LogP contribution is -2.15. The number of carbonyl (C=O) groups is 1. The summed E-state index contributed by atoms with van der Waals surface area (Å²) < 4.78 is 39.7. The molecule has 0 saturated heterocycles. The Morgan fingerprint density at radius 1 is 1.06 bits per heavy atom. The Kier molecular flexibility index (Phi) is 7.32. The molecule has 0 aliphatic carbocycles. The SMILES string of the molecule is CCOc1ccc(OCC)c(NS(=O)(=O)c2ccc(NC(=O)c3sc4nccc(C)c4c3N)cc2)c1. The molecule has 4 N–H and O–H groups in total. The summed E-state index contributed by atoms with van der Waals surface area (Å²) in [4.78, 5) is 18.2. The van der Waals surface area contributed by atoms with Gasteiger partial charge in [0.2, 0.25) is 0 Å². The van der Waals surface area contributed by atoms with Gasteiger partial charge in [-0.2, -0.15) is 0 Å². The van der Waals surface area contributed by atoms with Crippen LogP contribution in [0.4, 0.5) is 17.1 Å². The van der Waals surface area contributed by atoms with Crippen LogP contribution in [0.5, 0.6) is 11.5 Å². The summed E-state index contributed by atoms with van der Waals surface area (Å²) in [5.41, 5.74) is 8.22. The number of thiophene rings is 1. The number of hydrogen-bond acceptors (Lipinski definition) is 8. The zero-order chi connectivity index (χ0) is 25.9. The topological polar surface area (TPSA) is 133 Å². The average molecular weight is 527 g/mol. The molecule has 4 aromatic rings. The van der Waals surface area contributed by atoms with Crippen molar-refractivity contribution < 1.29 is 22.7 Å². The minimum Gasteiger partial charge on any atom is -0.494 e. The van der Waals surface area contributed by atoms with E-state index in [0.29, 0.717) is 45.8 Å². The predicted molar refractivity (Wildman–Crippen MR) is 143 cm³/mol. The number of fused-ring (bicyclic) bond motifs is 1. The Balaban J connectivity index is 1.53. The van der Waals surface area contributed by atoms with Crippen LogP contribution in [0.2, 0.25) is 0 Å². The number of rotatable bonds is 9. The van der Waals surface area contributed by atoms with Crippen LogP contribution in [0.1, 0.15) is 29.1 Å². The number of aromatic nitrogens is 1. The fourth-order valence-electron chi connectivity index (χ4n) is 3.61. The standard InChI is InChI=1S/C25H26N4O5S2/c1-4-33-17-8-11-20(34-5-2)19(14-17)29-36(31,32)18-9-6-16(7-10-18)28-24(30)23-22(26)21-15(3)12-13-27-25(21)35-23/h6-14,29H,4-5,26H2,1-3H3,(H,28,30). The van der Waals surface area contributed by atoms with Crippen molar-refractivity contribution in [3.63, 3.8) is 0 Å². The summed E-state index contributed by atoms with van der Waals surface area (Å²) >= 11 is 1.21. The average Bonchev–Trinajstić information content (AvgIpc) is 3.19. The number of pyridine rings is 1. The van der Waals surface area contributed by atoms with E-state index >= 15 is 0 Å². The second-order valence-electron chi connectivity index (χ2n) is 7.76. The van der Waals surface area contributed by atoms with Gasteiger partial charge in [0.1, 0.15) is 21.2 Å². The van der Waals surface area contributed by atoms with Crippen molar-refractivity contribution in [3.05, 3.63) is 65.2 Å². The molecule has 0 atom stereocenters. The predicted octanol–water partition coefficient (Wildman–Crippen LogP) is 5.04. The first-order valence-electron chi connectivity index (χ1n) is 11.2. The molecule has 0 fully saturated rings. The number of carbonyl (C=O) groups excluding carboxylic acids is 1. The molecule has 188 valence electrons. The smallest absolute Gasteiger partial charge is 0.267 e. The molecule has 2 heterocycles. The second kappa shape index (κ2) is 10.4. The number of nitrogens with zero attached hydrogens (tertiary/aromatic N) is 1. The summed E-state index contributed by atoms with van der Waals surface area (Å²) in [5, 5.41) is 3.53. The maximum absolute atomic E-state index is 13.0. The zero-order valence-corrected chi connectivity index (χ0v) is 21.6. The van der Waals surface area contributed by atoms with Gasteiger partial charge in [-0.05, 0) is 68.8 Å². The normalized spacial score (nSPS) is 11.3. The summed E-state index contributed by atoms with van der Waals surface area (Å²) in [6.07, 6.45) is 1.67. The minimum absolute atomic E-state index is 0.0194. The third kappa shape index (κ3) is 5.21. The Hall–Kier alpha value is -3.83. The van der Waals surface area contributed by atoms with Gasteiger partial charge in [-0.15, -0.1) is 11.3 Å². The first-order chi connectivity index (χ1) is 17.2.